The maximum atomic E-state index is 9.00. The molecule has 0 bridgehead atoms. The van der Waals surface area contributed by atoms with Gasteiger partial charge in [0.25, 0.3) is 5.97 Å². The lowest BCUT2D eigenvalue weighted by atomic mass is 10.5. The molecule has 0 aliphatic heterocycles. The van der Waals surface area contributed by atoms with Crippen molar-refractivity contribution in [3.05, 3.63) is 0 Å². The standard InChI is InChI=1S/C6H14O.C2H4O2.C2H6O2/c1-3-5-7-6-4-2;1-2(3)4;3-1-2-4/h3-6H2,1-2H3;1H3,(H,3,4);3-4H,1-2H2. The Balaban J connectivity index is -0.000000155. The second-order valence-electron chi connectivity index (χ2n) is 2.58. The maximum absolute atomic E-state index is 9.00. The Morgan fingerprint density at radius 3 is 1.47 bits per heavy atom. The number of aliphatic carboxylic acids is 1. The van der Waals surface area contributed by atoms with Gasteiger partial charge in [0.2, 0.25) is 0 Å². The van der Waals surface area contributed by atoms with Crippen molar-refractivity contribution >= 4 is 5.97 Å². The minimum Gasteiger partial charge on any atom is -0.481 e. The molecular formula is C10H24O5. The third-order valence-corrected chi connectivity index (χ3v) is 0.797. The summed E-state index contributed by atoms with van der Waals surface area (Å²) in [4.78, 5) is 9.00. The average molecular weight is 224 g/mol. The number of aliphatic hydroxyl groups is 2. The van der Waals surface area contributed by atoms with Crippen LogP contribution in [0.25, 0.3) is 0 Å². The summed E-state index contributed by atoms with van der Waals surface area (Å²) < 4.78 is 5.13. The molecule has 0 aromatic carbocycles. The van der Waals surface area contributed by atoms with Gasteiger partial charge in [0.15, 0.2) is 0 Å². The normalized spacial score (nSPS) is 8.07. The molecule has 5 nitrogen and oxygen atoms in total. The molecular weight excluding hydrogens is 200 g/mol. The summed E-state index contributed by atoms with van der Waals surface area (Å²) in [7, 11) is 0. The molecule has 0 atom stereocenters. The third kappa shape index (κ3) is 90.9. The van der Waals surface area contributed by atoms with E-state index in [2.05, 4.69) is 13.8 Å². The first-order valence-electron chi connectivity index (χ1n) is 5.05. The predicted octanol–water partition coefficient (Wildman–Crippen LogP) is 0.885. The van der Waals surface area contributed by atoms with Crippen LogP contribution < -0.4 is 0 Å². The van der Waals surface area contributed by atoms with Gasteiger partial charge in [-0.1, -0.05) is 13.8 Å². The largest absolute Gasteiger partial charge is 0.481 e. The maximum Gasteiger partial charge on any atom is 0.300 e. The summed E-state index contributed by atoms with van der Waals surface area (Å²) in [6.07, 6.45) is 2.28. The SMILES string of the molecule is CC(=O)O.CCCOCCC.OCCO. The molecule has 0 aromatic heterocycles. The van der Waals surface area contributed by atoms with Gasteiger partial charge in [-0.2, -0.15) is 0 Å². The Bertz CT molecular complexity index is 96.0. The Labute approximate surface area is 91.7 Å². The minimum atomic E-state index is -0.833. The van der Waals surface area contributed by atoms with Crippen molar-refractivity contribution in [1.82, 2.24) is 0 Å². The van der Waals surface area contributed by atoms with E-state index in [1.165, 1.54) is 0 Å². The molecule has 0 fully saturated rings. The number of carboxylic acid groups (broad SMARTS) is 1. The molecule has 0 rings (SSSR count). The highest BCUT2D eigenvalue weighted by atomic mass is 16.5. The van der Waals surface area contributed by atoms with Crippen LogP contribution in [-0.2, 0) is 9.53 Å². The van der Waals surface area contributed by atoms with Crippen molar-refractivity contribution < 1.29 is 24.9 Å². The number of carbonyl (C=O) groups is 1. The molecule has 0 amide bonds. The van der Waals surface area contributed by atoms with Crippen molar-refractivity contribution in [2.45, 2.75) is 33.6 Å². The number of carboxylic acids is 1. The second kappa shape index (κ2) is 23.3. The van der Waals surface area contributed by atoms with Crippen LogP contribution in [0.4, 0.5) is 0 Å². The summed E-state index contributed by atoms with van der Waals surface area (Å²) in [5, 5.41) is 22.7. The van der Waals surface area contributed by atoms with Gasteiger partial charge < -0.3 is 20.1 Å². The lowest BCUT2D eigenvalue weighted by molar-refractivity contribution is -0.134. The number of ether oxygens (including phenoxy) is 1. The van der Waals surface area contributed by atoms with Crippen LogP contribution >= 0.6 is 0 Å². The highest BCUT2D eigenvalue weighted by Gasteiger charge is 1.77. The first-order valence-corrected chi connectivity index (χ1v) is 5.05. The van der Waals surface area contributed by atoms with E-state index >= 15 is 0 Å². The third-order valence-electron chi connectivity index (χ3n) is 0.797. The predicted molar refractivity (Wildman–Crippen MR) is 58.9 cm³/mol. The summed E-state index contributed by atoms with van der Waals surface area (Å²) in [5.41, 5.74) is 0. The van der Waals surface area contributed by atoms with E-state index in [1.54, 1.807) is 0 Å². The van der Waals surface area contributed by atoms with E-state index in [0.29, 0.717) is 0 Å². The van der Waals surface area contributed by atoms with E-state index < -0.39 is 5.97 Å². The van der Waals surface area contributed by atoms with Gasteiger partial charge in [-0.15, -0.1) is 0 Å². The van der Waals surface area contributed by atoms with Gasteiger partial charge in [0.05, 0.1) is 13.2 Å². The quantitative estimate of drug-likeness (QED) is 0.603. The summed E-state index contributed by atoms with van der Waals surface area (Å²) >= 11 is 0. The summed E-state index contributed by atoms with van der Waals surface area (Å²) in [6, 6.07) is 0. The Morgan fingerprint density at radius 1 is 1.07 bits per heavy atom. The van der Waals surface area contributed by atoms with E-state index in [-0.39, 0.29) is 13.2 Å². The lowest BCUT2D eigenvalue weighted by Gasteiger charge is -1.95. The van der Waals surface area contributed by atoms with Crippen LogP contribution in [0.2, 0.25) is 0 Å². The first-order chi connectivity index (χ1) is 7.06. The van der Waals surface area contributed by atoms with Gasteiger partial charge in [0.1, 0.15) is 0 Å². The van der Waals surface area contributed by atoms with Crippen molar-refractivity contribution in [3.8, 4) is 0 Å². The molecule has 0 aliphatic rings. The van der Waals surface area contributed by atoms with Gasteiger partial charge >= 0.3 is 0 Å². The van der Waals surface area contributed by atoms with Gasteiger partial charge in [0, 0.05) is 20.1 Å². The summed E-state index contributed by atoms with van der Waals surface area (Å²) in [5.74, 6) is -0.833. The van der Waals surface area contributed by atoms with Crippen molar-refractivity contribution in [2.75, 3.05) is 26.4 Å². The Hall–Kier alpha value is -0.650. The fourth-order valence-electron chi connectivity index (χ4n) is 0.391. The molecule has 5 heteroatoms. The molecule has 0 aromatic rings. The zero-order valence-electron chi connectivity index (χ0n) is 9.90. The van der Waals surface area contributed by atoms with Crippen molar-refractivity contribution in [2.24, 2.45) is 0 Å². The van der Waals surface area contributed by atoms with Gasteiger partial charge in [-0.3, -0.25) is 4.79 Å². The molecule has 3 N–H and O–H groups in total. The van der Waals surface area contributed by atoms with Crippen LogP contribution in [0.5, 0.6) is 0 Å². The van der Waals surface area contributed by atoms with Crippen LogP contribution in [0.3, 0.4) is 0 Å². The monoisotopic (exact) mass is 224 g/mol. The Kier molecular flexibility index (Phi) is 30.8. The van der Waals surface area contributed by atoms with Crippen LogP contribution in [0, 0.1) is 0 Å². The number of hydrogen-bond donors (Lipinski definition) is 3. The lowest BCUT2D eigenvalue weighted by Crippen LogP contribution is -1.92. The molecule has 0 heterocycles. The fourth-order valence-corrected chi connectivity index (χ4v) is 0.391. The van der Waals surface area contributed by atoms with E-state index in [0.717, 1.165) is 33.0 Å². The molecule has 0 saturated carbocycles. The number of aliphatic hydroxyl groups excluding tert-OH is 2. The van der Waals surface area contributed by atoms with Crippen LogP contribution in [-0.4, -0.2) is 47.7 Å². The van der Waals surface area contributed by atoms with Crippen LogP contribution in [0.1, 0.15) is 33.6 Å². The van der Waals surface area contributed by atoms with Crippen molar-refractivity contribution in [3.63, 3.8) is 0 Å². The number of hydrogen-bond acceptors (Lipinski definition) is 4. The van der Waals surface area contributed by atoms with E-state index in [4.69, 9.17) is 24.9 Å². The highest BCUT2D eigenvalue weighted by Crippen LogP contribution is 1.81. The van der Waals surface area contributed by atoms with E-state index in [1.807, 2.05) is 0 Å². The molecule has 0 aliphatic carbocycles. The first kappa shape index (κ1) is 19.9. The number of rotatable bonds is 5. The van der Waals surface area contributed by atoms with Gasteiger partial charge in [-0.05, 0) is 12.8 Å². The zero-order chi connectivity index (χ0) is 12.5. The smallest absolute Gasteiger partial charge is 0.300 e. The zero-order valence-corrected chi connectivity index (χ0v) is 9.90. The second-order valence-corrected chi connectivity index (χ2v) is 2.58. The molecule has 0 spiro atoms. The molecule has 0 saturated heterocycles. The molecule has 0 radical (unpaired) electrons. The van der Waals surface area contributed by atoms with E-state index in [9.17, 15) is 0 Å². The molecule has 94 valence electrons. The highest BCUT2D eigenvalue weighted by molar-refractivity contribution is 5.62. The fraction of sp³-hybridized carbons (Fsp3) is 0.900. The average Bonchev–Trinajstić information content (AvgIpc) is 2.18. The topological polar surface area (TPSA) is 87.0 Å². The van der Waals surface area contributed by atoms with Gasteiger partial charge in [-0.25, -0.2) is 0 Å². The molecule has 0 unspecified atom stereocenters. The summed E-state index contributed by atoms with van der Waals surface area (Å²) in [6.45, 7) is 6.92. The Morgan fingerprint density at radius 2 is 1.33 bits per heavy atom. The van der Waals surface area contributed by atoms with Crippen molar-refractivity contribution in [1.29, 1.82) is 0 Å². The molecule has 15 heavy (non-hydrogen) atoms. The van der Waals surface area contributed by atoms with Crippen LogP contribution in [0.15, 0.2) is 0 Å². The minimum absolute atomic E-state index is 0.125.